The van der Waals surface area contributed by atoms with Crippen LogP contribution < -0.4 is 0 Å². The monoisotopic (exact) mass is 556 g/mol. The highest BCUT2D eigenvalue weighted by Gasteiger charge is 2.73. The molecule has 1 saturated heterocycles. The lowest BCUT2D eigenvalue weighted by Crippen LogP contribution is -2.68. The van der Waals surface area contributed by atoms with Gasteiger partial charge in [-0.2, -0.15) is 0 Å². The Morgan fingerprint density at radius 1 is 0.925 bits per heavy atom. The summed E-state index contributed by atoms with van der Waals surface area (Å²) >= 11 is 0. The molecule has 8 atom stereocenters. The molecule has 6 rings (SSSR count). The summed E-state index contributed by atoms with van der Waals surface area (Å²) in [6.45, 7) is 16.0. The van der Waals surface area contributed by atoms with Crippen LogP contribution in [-0.4, -0.2) is 51.6 Å². The van der Waals surface area contributed by atoms with E-state index in [1.54, 1.807) is 7.11 Å². The van der Waals surface area contributed by atoms with Gasteiger partial charge in [0.1, 0.15) is 0 Å². The topological polar surface area (TPSA) is 71.1 Å². The van der Waals surface area contributed by atoms with E-state index in [-0.39, 0.29) is 56.6 Å². The van der Waals surface area contributed by atoms with Crippen molar-refractivity contribution in [2.45, 2.75) is 105 Å². The van der Waals surface area contributed by atoms with Crippen LogP contribution in [-0.2, 0) is 28.5 Å². The van der Waals surface area contributed by atoms with E-state index in [1.807, 2.05) is 0 Å². The van der Waals surface area contributed by atoms with Gasteiger partial charge in [-0.15, -0.1) is 0 Å². The first-order valence-corrected chi connectivity index (χ1v) is 15.8. The maximum absolute atomic E-state index is 14.6. The molecule has 0 unspecified atom stereocenters. The Morgan fingerprint density at radius 3 is 2.25 bits per heavy atom. The van der Waals surface area contributed by atoms with E-state index >= 15 is 0 Å². The van der Waals surface area contributed by atoms with E-state index in [9.17, 15) is 9.59 Å². The smallest absolute Gasteiger partial charge is 0.312 e. The number of hydrogen-bond donors (Lipinski definition) is 0. The van der Waals surface area contributed by atoms with Crippen molar-refractivity contribution in [2.24, 2.45) is 50.2 Å². The maximum Gasteiger partial charge on any atom is 0.312 e. The first-order chi connectivity index (χ1) is 18.7. The molecule has 0 bridgehead atoms. The molecule has 1 aliphatic heterocycles. The lowest BCUT2D eigenvalue weighted by Gasteiger charge is -2.70. The average Bonchev–Trinajstić information content (AvgIpc) is 3.38. The molecule has 1 heterocycles. The van der Waals surface area contributed by atoms with Crippen molar-refractivity contribution in [3.05, 3.63) is 11.6 Å². The average molecular weight is 557 g/mol. The summed E-state index contributed by atoms with van der Waals surface area (Å²) in [6.07, 6.45) is 10.3. The fraction of sp³-hybridized carbons (Fsp3) is 0.882. The van der Waals surface area contributed by atoms with E-state index in [2.05, 4.69) is 47.6 Å². The molecule has 5 aliphatic carbocycles. The molecule has 4 saturated carbocycles. The van der Waals surface area contributed by atoms with Crippen molar-refractivity contribution in [1.82, 2.24) is 0 Å². The highest BCUT2D eigenvalue weighted by atomic mass is 16.7. The number of ether oxygens (including phenoxy) is 4. The Morgan fingerprint density at radius 2 is 1.60 bits per heavy atom. The fourth-order valence-electron chi connectivity index (χ4n) is 11.8. The summed E-state index contributed by atoms with van der Waals surface area (Å²) in [5.41, 5.74) is 0.132. The molecule has 0 N–H and O–H groups in total. The molecule has 224 valence electrons. The van der Waals surface area contributed by atoms with Crippen LogP contribution in [0, 0.1) is 50.2 Å². The molecule has 6 heteroatoms. The van der Waals surface area contributed by atoms with Gasteiger partial charge in [-0.25, -0.2) is 0 Å². The predicted octanol–water partition coefficient (Wildman–Crippen LogP) is 6.51. The van der Waals surface area contributed by atoms with E-state index in [0.717, 1.165) is 57.8 Å². The van der Waals surface area contributed by atoms with Crippen molar-refractivity contribution in [2.75, 3.05) is 34.0 Å². The second-order valence-corrected chi connectivity index (χ2v) is 16.1. The number of hydrogen-bond acceptors (Lipinski definition) is 6. The number of esters is 1. The third-order valence-corrected chi connectivity index (χ3v) is 14.1. The number of allylic oxidation sites excluding steroid dienone is 2. The summed E-state index contributed by atoms with van der Waals surface area (Å²) in [7, 11) is 3.31. The summed E-state index contributed by atoms with van der Waals surface area (Å²) in [6, 6.07) is 0. The highest BCUT2D eigenvalue weighted by Crippen LogP contribution is 2.76. The number of methoxy groups -OCH3 is 2. The van der Waals surface area contributed by atoms with Gasteiger partial charge in [0.25, 0.3) is 0 Å². The first kappa shape index (κ1) is 28.9. The van der Waals surface area contributed by atoms with E-state index in [4.69, 9.17) is 18.9 Å². The first-order valence-electron chi connectivity index (χ1n) is 15.8. The standard InChI is InChI=1S/C34H52O6/c1-28(2)11-14-33(27(36)38-8)15-13-31(5)26(22(33)20-28)23(35)19-25-29(3)12-16-34(39-17-18-40-34)32(6,21-37-7)24(29)9-10-30(25,31)4/h19,22,24,26H,9-18,20-21H2,1-8H3/t22-,24+,26-,29-,30+,31+,32-,33-/m0/s1. The van der Waals surface area contributed by atoms with Gasteiger partial charge in [0.2, 0.25) is 0 Å². The largest absolute Gasteiger partial charge is 0.469 e. The Kier molecular flexibility index (Phi) is 6.41. The maximum atomic E-state index is 14.6. The van der Waals surface area contributed by atoms with Crippen LogP contribution in [0.3, 0.4) is 0 Å². The molecule has 0 aromatic heterocycles. The lowest BCUT2D eigenvalue weighted by molar-refractivity contribution is -0.304. The second kappa shape index (κ2) is 8.89. The molecule has 0 aromatic carbocycles. The van der Waals surface area contributed by atoms with Crippen molar-refractivity contribution in [1.29, 1.82) is 0 Å². The normalized spacial score (nSPS) is 48.9. The second-order valence-electron chi connectivity index (χ2n) is 16.1. The van der Waals surface area contributed by atoms with Gasteiger partial charge in [0, 0.05) is 24.9 Å². The van der Waals surface area contributed by atoms with Gasteiger partial charge >= 0.3 is 5.97 Å². The zero-order valence-electron chi connectivity index (χ0n) is 26.2. The number of fused-ring (bicyclic) bond motifs is 7. The van der Waals surface area contributed by atoms with E-state index in [0.29, 0.717) is 19.8 Å². The van der Waals surface area contributed by atoms with Crippen LogP contribution in [0.25, 0.3) is 0 Å². The number of carbonyl (C=O) groups is 2. The predicted molar refractivity (Wildman–Crippen MR) is 152 cm³/mol. The Hall–Kier alpha value is -1.24. The van der Waals surface area contributed by atoms with Crippen LogP contribution >= 0.6 is 0 Å². The zero-order valence-corrected chi connectivity index (χ0v) is 26.2. The lowest BCUT2D eigenvalue weighted by atomic mass is 9.33. The third kappa shape index (κ3) is 3.39. The van der Waals surface area contributed by atoms with Crippen LogP contribution in [0.2, 0.25) is 0 Å². The molecular formula is C34H52O6. The SMILES string of the molecule is COC[C@@]1(C)[C@@H]2CC[C@]3(C)C(=CC(=O)[C@@H]4[C@@H]5CC(C)(C)CC[C@]5(C(=O)OC)CC[C@]43C)[C@@]2(C)CCC12OCCO2. The van der Waals surface area contributed by atoms with Gasteiger partial charge < -0.3 is 18.9 Å². The molecule has 0 amide bonds. The minimum atomic E-state index is -0.620. The Bertz CT molecular complexity index is 1120. The van der Waals surface area contributed by atoms with Crippen molar-refractivity contribution in [3.63, 3.8) is 0 Å². The summed E-state index contributed by atoms with van der Waals surface area (Å²) in [5, 5.41) is 0. The highest BCUT2D eigenvalue weighted by molar-refractivity contribution is 5.96. The van der Waals surface area contributed by atoms with Gasteiger partial charge in [-0.05, 0) is 90.9 Å². The molecule has 0 radical (unpaired) electrons. The Balaban J connectivity index is 1.46. The number of ketones is 1. The molecule has 0 aromatic rings. The van der Waals surface area contributed by atoms with Crippen LogP contribution in [0.15, 0.2) is 11.6 Å². The van der Waals surface area contributed by atoms with Gasteiger partial charge in [-0.1, -0.05) is 47.1 Å². The van der Waals surface area contributed by atoms with Crippen molar-refractivity contribution < 1.29 is 28.5 Å². The summed E-state index contributed by atoms with van der Waals surface area (Å²) in [4.78, 5) is 28.1. The quantitative estimate of drug-likeness (QED) is 0.369. The summed E-state index contributed by atoms with van der Waals surface area (Å²) < 4.78 is 24.2. The fourth-order valence-corrected chi connectivity index (χ4v) is 11.8. The van der Waals surface area contributed by atoms with Crippen LogP contribution in [0.1, 0.15) is 99.3 Å². The molecule has 6 aliphatic rings. The van der Waals surface area contributed by atoms with Crippen LogP contribution in [0.5, 0.6) is 0 Å². The minimum Gasteiger partial charge on any atom is -0.469 e. The summed E-state index contributed by atoms with van der Waals surface area (Å²) in [5.74, 6) is -0.326. The van der Waals surface area contributed by atoms with Crippen LogP contribution in [0.4, 0.5) is 0 Å². The van der Waals surface area contributed by atoms with Gasteiger partial charge in [0.05, 0.1) is 32.3 Å². The molecule has 40 heavy (non-hydrogen) atoms. The number of rotatable bonds is 3. The van der Waals surface area contributed by atoms with Crippen molar-refractivity contribution >= 4 is 11.8 Å². The van der Waals surface area contributed by atoms with Crippen molar-refractivity contribution in [3.8, 4) is 0 Å². The molecular weight excluding hydrogens is 504 g/mol. The molecule has 6 nitrogen and oxygen atoms in total. The number of carbonyl (C=O) groups excluding carboxylic acids is 2. The molecule has 5 fully saturated rings. The third-order valence-electron chi connectivity index (χ3n) is 14.1. The van der Waals surface area contributed by atoms with E-state index in [1.165, 1.54) is 12.7 Å². The van der Waals surface area contributed by atoms with E-state index < -0.39 is 11.2 Å². The zero-order chi connectivity index (χ0) is 29.0. The molecule has 1 spiro atoms. The Labute approximate surface area is 241 Å². The van der Waals surface area contributed by atoms with Gasteiger partial charge in [0.15, 0.2) is 11.6 Å². The van der Waals surface area contributed by atoms with Gasteiger partial charge in [-0.3, -0.25) is 9.59 Å². The minimum absolute atomic E-state index is 0.0174.